The predicted octanol–water partition coefficient (Wildman–Crippen LogP) is 17.3. The molecule has 30 nitrogen and oxygen atoms in total. The van der Waals surface area contributed by atoms with E-state index in [4.69, 9.17) is 0 Å². The summed E-state index contributed by atoms with van der Waals surface area (Å²) >= 11 is 0. The van der Waals surface area contributed by atoms with E-state index in [0.29, 0.717) is 53.4 Å². The first-order chi connectivity index (χ1) is 56.7. The normalized spacial score (nSPS) is 12.3. The number of imidazole rings is 3. The van der Waals surface area contributed by atoms with Crippen LogP contribution in [0.25, 0.3) is 40.7 Å². The van der Waals surface area contributed by atoms with E-state index in [-0.39, 0.29) is 0 Å². The maximum absolute atomic E-state index is 4.54. The molecule has 616 valence electrons. The Morgan fingerprint density at radius 3 is 1.06 bits per heavy atom. The highest BCUT2D eigenvalue weighted by atomic mass is 15.3. The second kappa shape index (κ2) is 44.2. The molecule has 0 aliphatic carbocycles. The second-order valence-electron chi connectivity index (χ2n) is 30.8. The van der Waals surface area contributed by atoms with Crippen LogP contribution >= 0.6 is 0 Å². The fourth-order valence-corrected chi connectivity index (χ4v) is 11.0. The van der Waals surface area contributed by atoms with Crippen molar-refractivity contribution in [3.05, 3.63) is 279 Å². The summed E-state index contributed by atoms with van der Waals surface area (Å²) in [6, 6.07) is 8.35. The van der Waals surface area contributed by atoms with E-state index in [1.807, 2.05) is 151 Å². The zero-order valence-corrected chi connectivity index (χ0v) is 72.1. The van der Waals surface area contributed by atoms with Crippen molar-refractivity contribution in [2.75, 3.05) is 11.4 Å². The van der Waals surface area contributed by atoms with Crippen LogP contribution in [0.15, 0.2) is 210 Å². The van der Waals surface area contributed by atoms with Crippen molar-refractivity contribution >= 4 is 5.82 Å². The van der Waals surface area contributed by atoms with Crippen LogP contribution < -0.4 is 4.90 Å². The smallest absolute Gasteiger partial charge is 0.171 e. The Morgan fingerprint density at radius 2 is 0.720 bits per heavy atom. The van der Waals surface area contributed by atoms with Crippen molar-refractivity contribution in [3.8, 4) is 40.7 Å². The fraction of sp³-hybridized carbons (Fsp3) is 0.386. The lowest BCUT2D eigenvalue weighted by Crippen LogP contribution is -2.38. The quantitative estimate of drug-likeness (QED) is 0.0867. The van der Waals surface area contributed by atoms with Gasteiger partial charge in [-0.3, -0.25) is 53.6 Å². The Labute approximate surface area is 693 Å². The summed E-state index contributed by atoms with van der Waals surface area (Å²) in [4.78, 5) is 84.3. The first kappa shape index (κ1) is 88.9. The Hall–Kier alpha value is -13.0. The lowest BCUT2D eigenvalue weighted by Gasteiger charge is -2.34. The summed E-state index contributed by atoms with van der Waals surface area (Å²) in [5.41, 5.74) is 11.2. The highest BCUT2D eigenvalue weighted by molar-refractivity contribution is 5.38. The van der Waals surface area contributed by atoms with Gasteiger partial charge in [0.05, 0.1) is 162 Å². The van der Waals surface area contributed by atoms with Gasteiger partial charge in [0.2, 0.25) is 0 Å². The second-order valence-corrected chi connectivity index (χ2v) is 30.8. The van der Waals surface area contributed by atoms with Crippen LogP contribution in [0.3, 0.4) is 0 Å². The first-order valence-corrected chi connectivity index (χ1v) is 40.2. The molecule has 15 aromatic rings. The Kier molecular flexibility index (Phi) is 33.3. The molecule has 0 saturated carbocycles. The van der Waals surface area contributed by atoms with Gasteiger partial charge in [-0.05, 0) is 131 Å². The molecule has 118 heavy (non-hydrogen) atoms. The zero-order valence-electron chi connectivity index (χ0n) is 72.1. The summed E-state index contributed by atoms with van der Waals surface area (Å²) < 4.78 is 12.7. The number of hydrogen-bond acceptors (Lipinski definition) is 23. The van der Waals surface area contributed by atoms with Gasteiger partial charge in [-0.2, -0.15) is 15.3 Å². The fourth-order valence-electron chi connectivity index (χ4n) is 11.0. The minimum Gasteiger partial charge on any atom is -0.353 e. The highest BCUT2D eigenvalue weighted by Crippen LogP contribution is 2.24. The number of anilines is 1. The molecule has 0 aromatic carbocycles. The summed E-state index contributed by atoms with van der Waals surface area (Å²) in [5, 5.41) is 12.5. The molecule has 16 rings (SSSR count). The van der Waals surface area contributed by atoms with E-state index in [1.165, 1.54) is 19.3 Å². The molecular formula is C88H114N30. The first-order valence-electron chi connectivity index (χ1n) is 40.2. The molecule has 1 fully saturated rings. The van der Waals surface area contributed by atoms with Gasteiger partial charge in [0.15, 0.2) is 40.7 Å². The molecule has 0 bridgehead atoms. The standard InChI is InChI=1S/C13H21N3.4C11H14N4.C11H13N3.2C10H12N4/c1-10(2)12-8-15-13(9-14-12)16-7-5-4-6-11(16)3;1-8(2)10-4-13-11(5-12-10)15-6-9(3)14-7-15;1-8(2)10-5-13-11(6-12-10)15-7-9(3)4-14-15;1-8(2)10-6-14-11(7-13-10)15-5-4-12-9(15)3;1-8(2)10-6-13-11(7-12-10)15-5-4-9(3)14-15;1-9(2)10-7-13-11(8-12-10)14-5-3-4-6-14;1-8(2)9-5-13-10(6-12-9)14-4-3-11-7-14;1-8(2)9-6-12-10(7-11-9)14-5-3-4-13-14/h8-11H,4-7H2,1-3H3;4*4-8H,1-3H3;3-9H,1-2H3;2*3-8H,1-2H3. The third-order valence-corrected chi connectivity index (χ3v) is 18.4. The van der Waals surface area contributed by atoms with E-state index in [9.17, 15) is 0 Å². The van der Waals surface area contributed by atoms with Gasteiger partial charge in [-0.15, -0.1) is 0 Å². The van der Waals surface area contributed by atoms with Crippen LogP contribution in [0.1, 0.15) is 253 Å². The molecule has 0 N–H and O–H groups in total. The summed E-state index contributed by atoms with van der Waals surface area (Å²) in [7, 11) is 0. The number of nitrogens with zero attached hydrogens (tertiary/aromatic N) is 30. The van der Waals surface area contributed by atoms with Crippen LogP contribution in [0, 0.1) is 27.7 Å². The number of hydrogen-bond donors (Lipinski definition) is 0. The lowest BCUT2D eigenvalue weighted by molar-refractivity contribution is 0.480. The molecular weight excluding hydrogens is 1480 g/mol. The van der Waals surface area contributed by atoms with Crippen molar-refractivity contribution < 1.29 is 0 Å². The average Bonchev–Trinajstić information content (AvgIpc) is 1.04. The van der Waals surface area contributed by atoms with Gasteiger partial charge in [0, 0.05) is 80.8 Å². The molecule has 0 radical (unpaired) electrons. The van der Waals surface area contributed by atoms with Crippen molar-refractivity contribution in [1.29, 1.82) is 0 Å². The van der Waals surface area contributed by atoms with Gasteiger partial charge in [-0.1, -0.05) is 111 Å². The van der Waals surface area contributed by atoms with Crippen LogP contribution in [-0.2, 0) is 0 Å². The minimum absolute atomic E-state index is 0.408. The van der Waals surface area contributed by atoms with Crippen molar-refractivity contribution in [1.82, 2.24) is 142 Å². The zero-order chi connectivity index (χ0) is 84.8. The van der Waals surface area contributed by atoms with Gasteiger partial charge < -0.3 is 9.47 Å². The molecule has 0 spiro atoms. The van der Waals surface area contributed by atoms with E-state index in [2.05, 4.69) is 233 Å². The van der Waals surface area contributed by atoms with Crippen LogP contribution in [-0.4, -0.2) is 155 Å². The molecule has 1 aliphatic rings. The monoisotopic (exact) mass is 1590 g/mol. The Balaban J connectivity index is 0.000000154. The van der Waals surface area contributed by atoms with Crippen molar-refractivity contribution in [3.63, 3.8) is 0 Å². The van der Waals surface area contributed by atoms with Gasteiger partial charge in [0.25, 0.3) is 0 Å². The molecule has 0 amide bonds. The molecule has 15 aromatic heterocycles. The topological polar surface area (TPSA) is 321 Å². The van der Waals surface area contributed by atoms with Crippen molar-refractivity contribution in [2.24, 2.45) is 0 Å². The largest absolute Gasteiger partial charge is 0.353 e. The minimum atomic E-state index is 0.408. The SMILES string of the molecule is CC(C)c1cnc(-n2cccc2)cn1.CC(C)c1cnc(-n2cccn2)cn1.CC(C)c1cnc(-n2ccnc2)cn1.CC(C)c1cnc(N2CCCCC2C)cn1.Cc1ccn(-c2cnc(C(C)C)cn2)n1.Cc1cn(-c2cnc(C(C)C)cn2)cn1.Cc1cnn(-c2cnc(C(C)C)cn2)c1.Cc1nccn1-c1cnc(C(C)C)cn1. The van der Waals surface area contributed by atoms with Crippen LogP contribution in [0.4, 0.5) is 5.82 Å². The van der Waals surface area contributed by atoms with Gasteiger partial charge in [0.1, 0.15) is 24.3 Å². The Bertz CT molecular complexity index is 4860. The summed E-state index contributed by atoms with van der Waals surface area (Å²) in [6.07, 6.45) is 58.5. The van der Waals surface area contributed by atoms with E-state index in [1.54, 1.807) is 120 Å². The number of piperidine rings is 1. The van der Waals surface area contributed by atoms with E-state index in [0.717, 1.165) is 121 Å². The lowest BCUT2D eigenvalue weighted by atomic mass is 10.0. The molecule has 1 atom stereocenters. The average molecular weight is 1590 g/mol. The highest BCUT2D eigenvalue weighted by Gasteiger charge is 2.20. The maximum atomic E-state index is 4.54. The molecule has 1 aliphatic heterocycles. The number of aromatic nitrogens is 29. The Morgan fingerprint density at radius 1 is 0.305 bits per heavy atom. The third kappa shape index (κ3) is 26.8. The maximum Gasteiger partial charge on any atom is 0.171 e. The number of rotatable bonds is 16. The number of aryl methyl sites for hydroxylation is 4. The predicted molar refractivity (Wildman–Crippen MR) is 461 cm³/mol. The van der Waals surface area contributed by atoms with Gasteiger partial charge >= 0.3 is 0 Å². The third-order valence-electron chi connectivity index (χ3n) is 18.4. The van der Waals surface area contributed by atoms with Crippen LogP contribution in [0.5, 0.6) is 0 Å². The van der Waals surface area contributed by atoms with E-state index < -0.39 is 0 Å². The summed E-state index contributed by atoms with van der Waals surface area (Å²) in [5.74, 6) is 10.9. The van der Waals surface area contributed by atoms with Crippen molar-refractivity contribution in [2.45, 2.75) is 218 Å². The molecule has 1 unspecified atom stereocenters. The summed E-state index contributed by atoms with van der Waals surface area (Å²) in [6.45, 7) is 44.9. The molecule has 1 saturated heterocycles. The van der Waals surface area contributed by atoms with Gasteiger partial charge in [-0.25, -0.2) is 68.9 Å². The van der Waals surface area contributed by atoms with E-state index >= 15 is 0 Å². The molecule has 30 heteroatoms. The molecule has 16 heterocycles. The van der Waals surface area contributed by atoms with Crippen LogP contribution in [0.2, 0.25) is 0 Å².